The van der Waals surface area contributed by atoms with E-state index in [1.165, 1.54) is 23.2 Å². The molecule has 0 spiro atoms. The molecule has 0 heterocycles. The number of anilines is 1. The Morgan fingerprint density at radius 3 is 1.80 bits per heavy atom. The summed E-state index contributed by atoms with van der Waals surface area (Å²) in [4.78, 5) is 0. The Balaban J connectivity index is 1.84. The van der Waals surface area contributed by atoms with Crippen molar-refractivity contribution in [3.05, 3.63) is 114 Å². The van der Waals surface area contributed by atoms with Gasteiger partial charge in [-0.15, -0.1) is 0 Å². The number of hydrogen-bond donors (Lipinski definition) is 1. The Hall–Kier alpha value is -2.94. The van der Waals surface area contributed by atoms with Crippen LogP contribution in [-0.2, 0) is 21.9 Å². The smallest absolute Gasteiger partial charge is 0.173 e. The lowest BCUT2D eigenvalue weighted by atomic mass is 9.79. The molecule has 0 aliphatic carbocycles. The van der Waals surface area contributed by atoms with Gasteiger partial charge in [-0.1, -0.05) is 134 Å². The molecule has 4 aromatic rings. The quantitative estimate of drug-likeness (QED) is 0.157. The fraction of sp³-hybridized carbons (Fsp3) is 0.333. The van der Waals surface area contributed by atoms with Crippen LogP contribution in [0.25, 0.3) is 0 Å². The standard InChI is InChI=1S/C36H44NO2PS/c1-26(2)41-39-34-27(23-28(35(3,4)5)24-31(34)36(6,7)8)25-37-32-21-15-16-22-33(32)40(38,29-17-11-9-12-18-29)30-19-13-10-14-20-30/h9-24,26,37H,25H2,1-8H3. The first-order valence-electron chi connectivity index (χ1n) is 14.4. The maximum atomic E-state index is 15.2. The lowest BCUT2D eigenvalue weighted by Gasteiger charge is -2.29. The van der Waals surface area contributed by atoms with E-state index < -0.39 is 7.14 Å². The van der Waals surface area contributed by atoms with Crippen molar-refractivity contribution >= 4 is 40.8 Å². The Labute approximate surface area is 251 Å². The van der Waals surface area contributed by atoms with E-state index in [1.54, 1.807) is 0 Å². The second kappa shape index (κ2) is 12.5. The second-order valence-corrected chi connectivity index (χ2v) is 16.9. The van der Waals surface area contributed by atoms with Crippen molar-refractivity contribution in [1.29, 1.82) is 0 Å². The van der Waals surface area contributed by atoms with Gasteiger partial charge in [0.05, 0.1) is 12.0 Å². The molecule has 0 bridgehead atoms. The maximum Gasteiger partial charge on any atom is 0.173 e. The molecule has 216 valence electrons. The van der Waals surface area contributed by atoms with Crippen molar-refractivity contribution in [2.45, 2.75) is 78.0 Å². The Morgan fingerprint density at radius 2 is 1.29 bits per heavy atom. The van der Waals surface area contributed by atoms with Gasteiger partial charge in [-0.2, -0.15) is 0 Å². The summed E-state index contributed by atoms with van der Waals surface area (Å²) in [5.74, 6) is 0.920. The molecule has 0 aromatic heterocycles. The number of nitrogens with one attached hydrogen (secondary N) is 1. The highest BCUT2D eigenvalue weighted by Crippen LogP contribution is 2.45. The van der Waals surface area contributed by atoms with Crippen LogP contribution in [0.2, 0.25) is 0 Å². The van der Waals surface area contributed by atoms with Gasteiger partial charge in [0.25, 0.3) is 0 Å². The highest BCUT2D eigenvalue weighted by atomic mass is 32.2. The van der Waals surface area contributed by atoms with E-state index in [0.717, 1.165) is 32.9 Å². The third-order valence-corrected chi connectivity index (χ3v) is 10.9. The predicted octanol–water partition coefficient (Wildman–Crippen LogP) is 8.97. The van der Waals surface area contributed by atoms with Crippen LogP contribution in [0.3, 0.4) is 0 Å². The molecule has 0 amide bonds. The summed E-state index contributed by atoms with van der Waals surface area (Å²) >= 11 is 1.49. The van der Waals surface area contributed by atoms with Gasteiger partial charge in [-0.05, 0) is 34.6 Å². The fourth-order valence-electron chi connectivity index (χ4n) is 4.84. The average molecular weight is 586 g/mol. The van der Waals surface area contributed by atoms with Crippen LogP contribution >= 0.6 is 19.2 Å². The molecule has 0 saturated heterocycles. The van der Waals surface area contributed by atoms with Gasteiger partial charge in [0.1, 0.15) is 5.75 Å². The topological polar surface area (TPSA) is 38.3 Å². The van der Waals surface area contributed by atoms with Crippen LogP contribution in [0.15, 0.2) is 97.1 Å². The zero-order valence-electron chi connectivity index (χ0n) is 25.7. The van der Waals surface area contributed by atoms with Gasteiger partial charge in [-0.3, -0.25) is 0 Å². The van der Waals surface area contributed by atoms with Crippen LogP contribution in [0, 0.1) is 0 Å². The first-order chi connectivity index (χ1) is 19.3. The van der Waals surface area contributed by atoms with E-state index in [0.29, 0.717) is 11.8 Å². The van der Waals surface area contributed by atoms with Crippen molar-refractivity contribution in [3.8, 4) is 5.75 Å². The molecular formula is C36H44NO2PS. The van der Waals surface area contributed by atoms with Gasteiger partial charge in [0, 0.05) is 44.5 Å². The monoisotopic (exact) mass is 585 g/mol. The third-order valence-electron chi connectivity index (χ3n) is 7.12. The molecule has 0 unspecified atom stereocenters. The zero-order chi connectivity index (χ0) is 29.8. The molecule has 4 rings (SSSR count). The summed E-state index contributed by atoms with van der Waals surface area (Å²) in [5.41, 5.74) is 4.31. The largest absolute Gasteiger partial charge is 0.425 e. The van der Waals surface area contributed by atoms with Crippen LogP contribution in [-0.4, -0.2) is 5.25 Å². The first kappa shape index (κ1) is 31.0. The Morgan fingerprint density at radius 1 is 0.756 bits per heavy atom. The summed E-state index contributed by atoms with van der Waals surface area (Å²) in [6.07, 6.45) is 0. The maximum absolute atomic E-state index is 15.2. The lowest BCUT2D eigenvalue weighted by molar-refractivity contribution is 0.530. The van der Waals surface area contributed by atoms with Crippen LogP contribution in [0.5, 0.6) is 5.75 Å². The second-order valence-electron chi connectivity index (χ2n) is 12.9. The van der Waals surface area contributed by atoms with E-state index >= 15 is 4.57 Å². The van der Waals surface area contributed by atoms with E-state index in [2.05, 4.69) is 72.8 Å². The molecule has 0 aliphatic heterocycles. The molecule has 4 aromatic carbocycles. The minimum absolute atomic E-state index is 0.0211. The van der Waals surface area contributed by atoms with Gasteiger partial charge >= 0.3 is 0 Å². The van der Waals surface area contributed by atoms with Crippen molar-refractivity contribution < 1.29 is 8.75 Å². The molecule has 0 atom stereocenters. The Kier molecular flexibility index (Phi) is 9.46. The number of para-hydroxylation sites is 1. The third kappa shape index (κ3) is 7.11. The number of benzene rings is 4. The molecule has 0 aliphatic rings. The number of hydrogen-bond acceptors (Lipinski definition) is 4. The predicted molar refractivity (Wildman–Crippen MR) is 180 cm³/mol. The summed E-state index contributed by atoms with van der Waals surface area (Å²) in [7, 11) is -3.14. The lowest BCUT2D eigenvalue weighted by Crippen LogP contribution is -2.27. The summed E-state index contributed by atoms with van der Waals surface area (Å²) in [6, 6.07) is 32.3. The van der Waals surface area contributed by atoms with Gasteiger partial charge in [-0.25, -0.2) is 0 Å². The van der Waals surface area contributed by atoms with Crippen LogP contribution in [0.1, 0.15) is 72.1 Å². The molecule has 3 nitrogen and oxygen atoms in total. The number of rotatable bonds is 9. The minimum Gasteiger partial charge on any atom is -0.425 e. The molecule has 0 radical (unpaired) electrons. The SMILES string of the molecule is CC(C)SOc1c(CNc2ccccc2P(=O)(c2ccccc2)c2ccccc2)cc(C(C)(C)C)cc1C(C)(C)C. The molecule has 5 heteroatoms. The van der Waals surface area contributed by atoms with Crippen molar-refractivity contribution in [2.75, 3.05) is 5.32 Å². The zero-order valence-corrected chi connectivity index (χ0v) is 27.4. The van der Waals surface area contributed by atoms with Crippen LogP contribution < -0.4 is 25.4 Å². The Bertz CT molecular complexity index is 1460. The normalized spacial score (nSPS) is 12.4. The van der Waals surface area contributed by atoms with Crippen LogP contribution in [0.4, 0.5) is 5.69 Å². The van der Waals surface area contributed by atoms with Gasteiger partial charge < -0.3 is 14.1 Å². The molecule has 0 fully saturated rings. The van der Waals surface area contributed by atoms with Crippen molar-refractivity contribution in [3.63, 3.8) is 0 Å². The fourth-order valence-corrected chi connectivity index (χ4v) is 8.16. The first-order valence-corrected chi connectivity index (χ1v) is 16.9. The molecule has 41 heavy (non-hydrogen) atoms. The highest BCUT2D eigenvalue weighted by molar-refractivity contribution is 7.95. The van der Waals surface area contributed by atoms with Gasteiger partial charge in [0.2, 0.25) is 0 Å². The van der Waals surface area contributed by atoms with E-state index in [-0.39, 0.29) is 10.8 Å². The van der Waals surface area contributed by atoms with Crippen molar-refractivity contribution in [2.24, 2.45) is 0 Å². The van der Waals surface area contributed by atoms with Gasteiger partial charge in [0.15, 0.2) is 7.14 Å². The molecule has 1 N–H and O–H groups in total. The molecule has 0 saturated carbocycles. The van der Waals surface area contributed by atoms with Crippen molar-refractivity contribution in [1.82, 2.24) is 0 Å². The minimum atomic E-state index is -3.14. The summed E-state index contributed by atoms with van der Waals surface area (Å²) in [6.45, 7) is 18.3. The summed E-state index contributed by atoms with van der Waals surface area (Å²) < 4.78 is 21.7. The average Bonchev–Trinajstić information content (AvgIpc) is 2.94. The highest BCUT2D eigenvalue weighted by Gasteiger charge is 2.32. The van der Waals surface area contributed by atoms with E-state index in [1.807, 2.05) is 84.9 Å². The molecular weight excluding hydrogens is 541 g/mol. The van der Waals surface area contributed by atoms with E-state index in [4.69, 9.17) is 4.18 Å². The summed E-state index contributed by atoms with van der Waals surface area (Å²) in [5, 5.41) is 6.48. The van der Waals surface area contributed by atoms with E-state index in [9.17, 15) is 0 Å².